The highest BCUT2D eigenvalue weighted by molar-refractivity contribution is 6.30. The minimum Gasteiger partial charge on any atom is -0.392 e. The Hall–Kier alpha value is -3.42. The number of benzene rings is 2. The zero-order valence-corrected chi connectivity index (χ0v) is 17.0. The number of carbonyl (C=O) groups is 1. The third-order valence-corrected chi connectivity index (χ3v) is 4.68. The largest absolute Gasteiger partial charge is 0.392 e. The van der Waals surface area contributed by atoms with Crippen LogP contribution in [-0.4, -0.2) is 38.3 Å². The fraction of sp³-hybridized carbons (Fsp3) is 0.136. The van der Waals surface area contributed by atoms with Crippen LogP contribution in [0.2, 0.25) is 5.02 Å². The van der Waals surface area contributed by atoms with Crippen molar-refractivity contribution in [3.63, 3.8) is 0 Å². The Kier molecular flexibility index (Phi) is 5.65. The second kappa shape index (κ2) is 8.52. The molecule has 3 N–H and O–H groups in total. The SMILES string of the molecule is CC(O)CNC(=O)c1ccc(Nc2nc3cccc(-c4cccc(Cl)c4)n3n2)cc1. The molecule has 0 saturated heterocycles. The minimum absolute atomic E-state index is 0.207. The molecule has 2 aromatic carbocycles. The van der Waals surface area contributed by atoms with Crippen molar-refractivity contribution < 1.29 is 9.90 Å². The highest BCUT2D eigenvalue weighted by atomic mass is 35.5. The van der Waals surface area contributed by atoms with Gasteiger partial charge in [-0.05, 0) is 55.5 Å². The van der Waals surface area contributed by atoms with Crippen molar-refractivity contribution in [3.05, 3.63) is 77.3 Å². The van der Waals surface area contributed by atoms with E-state index in [9.17, 15) is 9.90 Å². The number of hydrogen-bond donors (Lipinski definition) is 3. The number of aliphatic hydroxyl groups excluding tert-OH is 1. The number of nitrogens with zero attached hydrogens (tertiary/aromatic N) is 3. The summed E-state index contributed by atoms with van der Waals surface area (Å²) >= 11 is 6.13. The van der Waals surface area contributed by atoms with Crippen molar-refractivity contribution in [2.24, 2.45) is 0 Å². The van der Waals surface area contributed by atoms with Gasteiger partial charge in [-0.1, -0.05) is 29.8 Å². The van der Waals surface area contributed by atoms with E-state index in [2.05, 4.69) is 20.7 Å². The Bertz CT molecular complexity index is 1190. The highest BCUT2D eigenvalue weighted by Gasteiger charge is 2.10. The molecule has 0 radical (unpaired) electrons. The quantitative estimate of drug-likeness (QED) is 0.439. The average Bonchev–Trinajstić information content (AvgIpc) is 3.15. The van der Waals surface area contributed by atoms with E-state index >= 15 is 0 Å². The number of hydrogen-bond acceptors (Lipinski definition) is 5. The number of anilines is 2. The van der Waals surface area contributed by atoms with E-state index in [1.54, 1.807) is 35.7 Å². The van der Waals surface area contributed by atoms with Gasteiger partial charge in [0.2, 0.25) is 5.95 Å². The molecule has 2 heterocycles. The average molecular weight is 422 g/mol. The van der Waals surface area contributed by atoms with E-state index in [4.69, 9.17) is 11.6 Å². The van der Waals surface area contributed by atoms with Gasteiger partial charge < -0.3 is 15.7 Å². The Morgan fingerprint density at radius 3 is 2.63 bits per heavy atom. The first-order valence-corrected chi connectivity index (χ1v) is 9.82. The third kappa shape index (κ3) is 4.42. The third-order valence-electron chi connectivity index (χ3n) is 4.44. The molecule has 152 valence electrons. The van der Waals surface area contributed by atoms with Crippen molar-refractivity contribution >= 4 is 34.8 Å². The van der Waals surface area contributed by atoms with E-state index in [1.165, 1.54) is 0 Å². The Balaban J connectivity index is 1.55. The molecular formula is C22H20ClN5O2. The smallest absolute Gasteiger partial charge is 0.251 e. The Labute approximate surface area is 178 Å². The predicted octanol–water partition coefficient (Wildman–Crippen LogP) is 3.90. The lowest BCUT2D eigenvalue weighted by atomic mass is 10.1. The van der Waals surface area contributed by atoms with E-state index in [1.807, 2.05) is 42.5 Å². The standard InChI is InChI=1S/C22H20ClN5O2/c1-14(29)13-24-21(30)15-8-10-18(11-9-15)25-22-26-20-7-3-6-19(28(20)27-22)16-4-2-5-17(23)12-16/h2-12,14,29H,13H2,1H3,(H,24,30)(H,25,27). The normalized spacial score (nSPS) is 12.0. The summed E-state index contributed by atoms with van der Waals surface area (Å²) in [5.41, 5.74) is 3.77. The second-order valence-electron chi connectivity index (χ2n) is 6.89. The van der Waals surface area contributed by atoms with Gasteiger partial charge in [0.1, 0.15) is 0 Å². The lowest BCUT2D eigenvalue weighted by Crippen LogP contribution is -2.30. The summed E-state index contributed by atoms with van der Waals surface area (Å²) in [5.74, 6) is 0.204. The lowest BCUT2D eigenvalue weighted by molar-refractivity contribution is 0.0924. The first-order valence-electron chi connectivity index (χ1n) is 9.45. The van der Waals surface area contributed by atoms with Crippen molar-refractivity contribution in [3.8, 4) is 11.3 Å². The molecule has 0 aliphatic rings. The van der Waals surface area contributed by atoms with Crippen LogP contribution in [0.4, 0.5) is 11.6 Å². The molecule has 4 aromatic rings. The van der Waals surface area contributed by atoms with Gasteiger partial charge in [-0.25, -0.2) is 4.52 Å². The first-order chi connectivity index (χ1) is 14.5. The van der Waals surface area contributed by atoms with Crippen LogP contribution in [0.1, 0.15) is 17.3 Å². The van der Waals surface area contributed by atoms with Crippen LogP contribution in [0.25, 0.3) is 16.9 Å². The molecule has 30 heavy (non-hydrogen) atoms. The fourth-order valence-electron chi connectivity index (χ4n) is 3.00. The molecule has 4 rings (SSSR count). The fourth-order valence-corrected chi connectivity index (χ4v) is 3.19. The second-order valence-corrected chi connectivity index (χ2v) is 7.32. The van der Waals surface area contributed by atoms with Gasteiger partial charge in [0.05, 0.1) is 11.8 Å². The number of carbonyl (C=O) groups excluding carboxylic acids is 1. The Morgan fingerprint density at radius 2 is 1.90 bits per heavy atom. The van der Waals surface area contributed by atoms with Crippen molar-refractivity contribution in [1.29, 1.82) is 0 Å². The molecule has 0 saturated carbocycles. The predicted molar refractivity (Wildman–Crippen MR) is 117 cm³/mol. The maximum atomic E-state index is 12.1. The first kappa shape index (κ1) is 19.9. The van der Waals surface area contributed by atoms with Gasteiger partial charge >= 0.3 is 0 Å². The maximum absolute atomic E-state index is 12.1. The number of halogens is 1. The summed E-state index contributed by atoms with van der Waals surface area (Å²) in [6.07, 6.45) is -0.590. The molecule has 0 bridgehead atoms. The number of rotatable bonds is 6. The van der Waals surface area contributed by atoms with Crippen molar-refractivity contribution in [1.82, 2.24) is 19.9 Å². The van der Waals surface area contributed by atoms with E-state index in [0.717, 1.165) is 16.9 Å². The molecule has 1 amide bonds. The number of aliphatic hydroxyl groups is 1. The lowest BCUT2D eigenvalue weighted by Gasteiger charge is -2.08. The van der Waals surface area contributed by atoms with E-state index in [0.29, 0.717) is 22.2 Å². The number of amides is 1. The maximum Gasteiger partial charge on any atom is 0.251 e. The van der Waals surface area contributed by atoms with Gasteiger partial charge in [0.25, 0.3) is 5.91 Å². The number of aromatic nitrogens is 3. The number of pyridine rings is 1. The molecule has 0 spiro atoms. The Morgan fingerprint density at radius 1 is 1.13 bits per heavy atom. The van der Waals surface area contributed by atoms with E-state index < -0.39 is 6.10 Å². The summed E-state index contributed by atoms with van der Waals surface area (Å²) in [4.78, 5) is 16.6. The molecule has 0 fully saturated rings. The van der Waals surface area contributed by atoms with Crippen LogP contribution in [-0.2, 0) is 0 Å². The zero-order chi connectivity index (χ0) is 21.1. The molecule has 0 aliphatic heterocycles. The van der Waals surface area contributed by atoms with E-state index in [-0.39, 0.29) is 12.5 Å². The number of fused-ring (bicyclic) bond motifs is 1. The molecule has 8 heteroatoms. The van der Waals surface area contributed by atoms with Gasteiger partial charge in [0.15, 0.2) is 5.65 Å². The van der Waals surface area contributed by atoms with Gasteiger partial charge in [-0.15, -0.1) is 5.10 Å². The van der Waals surface area contributed by atoms with Gasteiger partial charge in [0, 0.05) is 28.4 Å². The summed E-state index contributed by atoms with van der Waals surface area (Å²) < 4.78 is 1.76. The van der Waals surface area contributed by atoms with Crippen molar-refractivity contribution in [2.75, 3.05) is 11.9 Å². The van der Waals surface area contributed by atoms with Crippen LogP contribution in [0.3, 0.4) is 0 Å². The van der Waals surface area contributed by atoms with Crippen LogP contribution < -0.4 is 10.6 Å². The van der Waals surface area contributed by atoms with Gasteiger partial charge in [-0.2, -0.15) is 4.98 Å². The van der Waals surface area contributed by atoms with Gasteiger partial charge in [-0.3, -0.25) is 4.79 Å². The molecule has 1 unspecified atom stereocenters. The van der Waals surface area contributed by atoms with Crippen molar-refractivity contribution in [2.45, 2.75) is 13.0 Å². The minimum atomic E-state index is -0.590. The van der Waals surface area contributed by atoms with Crippen LogP contribution in [0.5, 0.6) is 0 Å². The molecular weight excluding hydrogens is 402 g/mol. The molecule has 0 aliphatic carbocycles. The monoisotopic (exact) mass is 421 g/mol. The molecule has 7 nitrogen and oxygen atoms in total. The summed E-state index contributed by atoms with van der Waals surface area (Å²) in [6, 6.07) is 20.3. The van der Waals surface area contributed by atoms with Crippen LogP contribution >= 0.6 is 11.6 Å². The topological polar surface area (TPSA) is 91.5 Å². The summed E-state index contributed by atoms with van der Waals surface area (Å²) in [5, 5.41) is 20.3. The molecule has 2 aromatic heterocycles. The highest BCUT2D eigenvalue weighted by Crippen LogP contribution is 2.24. The van der Waals surface area contributed by atoms with Crippen LogP contribution in [0.15, 0.2) is 66.7 Å². The summed E-state index contributed by atoms with van der Waals surface area (Å²) in [7, 11) is 0. The number of nitrogens with one attached hydrogen (secondary N) is 2. The molecule has 1 atom stereocenters. The van der Waals surface area contributed by atoms with Crippen LogP contribution in [0, 0.1) is 0 Å². The zero-order valence-electron chi connectivity index (χ0n) is 16.2. The summed E-state index contributed by atoms with van der Waals surface area (Å²) in [6.45, 7) is 1.83.